The third kappa shape index (κ3) is 2.60. The maximum absolute atomic E-state index is 5.37. The SMILES string of the molecule is CCCn1c(C)ccc1-c1ccc(OC)c(OC)c1. The van der Waals surface area contributed by atoms with Gasteiger partial charge in [-0.05, 0) is 43.7 Å². The number of nitrogens with zero attached hydrogens (tertiary/aromatic N) is 1. The van der Waals surface area contributed by atoms with Crippen molar-refractivity contribution in [2.24, 2.45) is 0 Å². The summed E-state index contributed by atoms with van der Waals surface area (Å²) < 4.78 is 13.0. The quantitative estimate of drug-likeness (QED) is 0.813. The molecule has 0 unspecified atom stereocenters. The molecule has 3 heteroatoms. The van der Waals surface area contributed by atoms with Crippen molar-refractivity contribution in [2.75, 3.05) is 14.2 Å². The largest absolute Gasteiger partial charge is 0.493 e. The van der Waals surface area contributed by atoms with E-state index in [2.05, 4.69) is 36.6 Å². The zero-order valence-electron chi connectivity index (χ0n) is 12.1. The van der Waals surface area contributed by atoms with Crippen LogP contribution in [0.5, 0.6) is 11.5 Å². The van der Waals surface area contributed by atoms with Gasteiger partial charge in [-0.2, -0.15) is 0 Å². The molecule has 0 radical (unpaired) electrons. The van der Waals surface area contributed by atoms with Gasteiger partial charge in [-0.25, -0.2) is 0 Å². The minimum atomic E-state index is 0.761. The Morgan fingerprint density at radius 1 is 1.00 bits per heavy atom. The van der Waals surface area contributed by atoms with Crippen molar-refractivity contribution in [3.63, 3.8) is 0 Å². The monoisotopic (exact) mass is 259 g/mol. The first-order chi connectivity index (χ1) is 9.21. The fourth-order valence-corrected chi connectivity index (χ4v) is 2.34. The van der Waals surface area contributed by atoms with Crippen LogP contribution in [0.4, 0.5) is 0 Å². The van der Waals surface area contributed by atoms with E-state index in [1.807, 2.05) is 12.1 Å². The molecular formula is C16H21NO2. The summed E-state index contributed by atoms with van der Waals surface area (Å²) in [5, 5.41) is 0. The number of rotatable bonds is 5. The predicted octanol–water partition coefficient (Wildman–Crippen LogP) is 3.89. The average Bonchev–Trinajstić information content (AvgIpc) is 2.80. The van der Waals surface area contributed by atoms with E-state index in [1.165, 1.54) is 11.4 Å². The summed E-state index contributed by atoms with van der Waals surface area (Å²) >= 11 is 0. The van der Waals surface area contributed by atoms with Gasteiger partial charge in [-0.3, -0.25) is 0 Å². The Bertz CT molecular complexity index is 558. The number of hydrogen-bond acceptors (Lipinski definition) is 2. The Kier molecular flexibility index (Phi) is 4.15. The molecule has 3 nitrogen and oxygen atoms in total. The van der Waals surface area contributed by atoms with Crippen LogP contribution in [0, 0.1) is 6.92 Å². The Morgan fingerprint density at radius 3 is 2.37 bits per heavy atom. The van der Waals surface area contributed by atoms with E-state index in [9.17, 15) is 0 Å². The maximum atomic E-state index is 5.37. The highest BCUT2D eigenvalue weighted by atomic mass is 16.5. The molecule has 1 heterocycles. The molecule has 0 saturated carbocycles. The molecule has 2 aromatic rings. The van der Waals surface area contributed by atoms with Crippen molar-refractivity contribution in [1.82, 2.24) is 4.57 Å². The standard InChI is InChI=1S/C16H21NO2/c1-5-10-17-12(2)6-8-14(17)13-7-9-15(18-3)16(11-13)19-4/h6-9,11H,5,10H2,1-4H3. The molecule has 1 aromatic carbocycles. The lowest BCUT2D eigenvalue weighted by atomic mass is 10.1. The fraction of sp³-hybridized carbons (Fsp3) is 0.375. The number of methoxy groups -OCH3 is 2. The fourth-order valence-electron chi connectivity index (χ4n) is 2.34. The molecule has 0 aliphatic rings. The molecule has 0 aliphatic carbocycles. The zero-order valence-corrected chi connectivity index (χ0v) is 12.1. The molecule has 2 rings (SSSR count). The van der Waals surface area contributed by atoms with Crippen LogP contribution in [0.1, 0.15) is 19.0 Å². The van der Waals surface area contributed by atoms with Gasteiger partial charge in [0, 0.05) is 23.5 Å². The first-order valence-corrected chi connectivity index (χ1v) is 6.59. The minimum absolute atomic E-state index is 0.761. The molecule has 0 amide bonds. The molecule has 0 saturated heterocycles. The van der Waals surface area contributed by atoms with Crippen molar-refractivity contribution in [1.29, 1.82) is 0 Å². The van der Waals surface area contributed by atoms with Crippen LogP contribution in [0.3, 0.4) is 0 Å². The number of benzene rings is 1. The Hall–Kier alpha value is -1.90. The van der Waals surface area contributed by atoms with Crippen LogP contribution >= 0.6 is 0 Å². The van der Waals surface area contributed by atoms with Gasteiger partial charge in [0.05, 0.1) is 14.2 Å². The van der Waals surface area contributed by atoms with Gasteiger partial charge in [0.1, 0.15) is 0 Å². The van der Waals surface area contributed by atoms with Gasteiger partial charge in [0.2, 0.25) is 0 Å². The third-order valence-electron chi connectivity index (χ3n) is 3.33. The third-order valence-corrected chi connectivity index (χ3v) is 3.33. The van der Waals surface area contributed by atoms with Crippen LogP contribution in [0.2, 0.25) is 0 Å². The highest BCUT2D eigenvalue weighted by molar-refractivity contribution is 5.65. The van der Waals surface area contributed by atoms with E-state index < -0.39 is 0 Å². The van der Waals surface area contributed by atoms with E-state index in [0.29, 0.717) is 0 Å². The Balaban J connectivity index is 2.47. The summed E-state index contributed by atoms with van der Waals surface area (Å²) in [4.78, 5) is 0. The summed E-state index contributed by atoms with van der Waals surface area (Å²) in [6.45, 7) is 5.36. The average molecular weight is 259 g/mol. The molecule has 1 aromatic heterocycles. The van der Waals surface area contributed by atoms with E-state index in [0.717, 1.165) is 30.0 Å². The molecule has 0 bridgehead atoms. The molecular weight excluding hydrogens is 238 g/mol. The van der Waals surface area contributed by atoms with E-state index in [4.69, 9.17) is 9.47 Å². The van der Waals surface area contributed by atoms with Crippen LogP contribution in [-0.2, 0) is 6.54 Å². The van der Waals surface area contributed by atoms with Crippen LogP contribution < -0.4 is 9.47 Å². The molecule has 0 fully saturated rings. The smallest absolute Gasteiger partial charge is 0.161 e. The van der Waals surface area contributed by atoms with Crippen molar-refractivity contribution in [2.45, 2.75) is 26.8 Å². The molecule has 0 N–H and O–H groups in total. The first kappa shape index (κ1) is 13.5. The van der Waals surface area contributed by atoms with Gasteiger partial charge < -0.3 is 14.0 Å². The van der Waals surface area contributed by atoms with Gasteiger partial charge >= 0.3 is 0 Å². The number of aryl methyl sites for hydroxylation is 1. The second-order valence-electron chi connectivity index (χ2n) is 4.58. The second-order valence-corrected chi connectivity index (χ2v) is 4.58. The molecule has 19 heavy (non-hydrogen) atoms. The van der Waals surface area contributed by atoms with Gasteiger partial charge in [-0.15, -0.1) is 0 Å². The summed E-state index contributed by atoms with van der Waals surface area (Å²) in [7, 11) is 3.32. The van der Waals surface area contributed by atoms with Crippen LogP contribution in [0.15, 0.2) is 30.3 Å². The normalized spacial score (nSPS) is 10.5. The summed E-state index contributed by atoms with van der Waals surface area (Å²) in [6.07, 6.45) is 1.12. The lowest BCUT2D eigenvalue weighted by Gasteiger charge is -2.13. The van der Waals surface area contributed by atoms with E-state index in [-0.39, 0.29) is 0 Å². The van der Waals surface area contributed by atoms with Crippen LogP contribution in [0.25, 0.3) is 11.3 Å². The van der Waals surface area contributed by atoms with Gasteiger partial charge in [0.25, 0.3) is 0 Å². The van der Waals surface area contributed by atoms with Crippen molar-refractivity contribution < 1.29 is 9.47 Å². The lowest BCUT2D eigenvalue weighted by Crippen LogP contribution is -2.01. The molecule has 0 spiro atoms. The molecule has 0 aliphatic heterocycles. The Morgan fingerprint density at radius 2 is 1.74 bits per heavy atom. The zero-order chi connectivity index (χ0) is 13.8. The van der Waals surface area contributed by atoms with Gasteiger partial charge in [0.15, 0.2) is 11.5 Å². The summed E-state index contributed by atoms with van der Waals surface area (Å²) in [5.41, 5.74) is 3.66. The lowest BCUT2D eigenvalue weighted by molar-refractivity contribution is 0.355. The molecule has 0 atom stereocenters. The summed E-state index contributed by atoms with van der Waals surface area (Å²) in [6, 6.07) is 10.4. The highest BCUT2D eigenvalue weighted by Gasteiger charge is 2.10. The van der Waals surface area contributed by atoms with Crippen LogP contribution in [-0.4, -0.2) is 18.8 Å². The number of aromatic nitrogens is 1. The van der Waals surface area contributed by atoms with E-state index >= 15 is 0 Å². The predicted molar refractivity (Wildman–Crippen MR) is 78.0 cm³/mol. The maximum Gasteiger partial charge on any atom is 0.161 e. The number of ether oxygens (including phenoxy) is 2. The second kappa shape index (κ2) is 5.83. The summed E-state index contributed by atoms with van der Waals surface area (Å²) in [5.74, 6) is 1.53. The van der Waals surface area contributed by atoms with E-state index in [1.54, 1.807) is 14.2 Å². The Labute approximate surface area is 114 Å². The molecule has 102 valence electrons. The minimum Gasteiger partial charge on any atom is -0.493 e. The topological polar surface area (TPSA) is 23.4 Å². The first-order valence-electron chi connectivity index (χ1n) is 6.59. The number of hydrogen-bond donors (Lipinski definition) is 0. The van der Waals surface area contributed by atoms with Crippen molar-refractivity contribution in [3.05, 3.63) is 36.0 Å². The van der Waals surface area contributed by atoms with Gasteiger partial charge in [-0.1, -0.05) is 6.92 Å². The van der Waals surface area contributed by atoms with Crippen molar-refractivity contribution in [3.8, 4) is 22.8 Å². The highest BCUT2D eigenvalue weighted by Crippen LogP contribution is 2.33. The van der Waals surface area contributed by atoms with Crippen molar-refractivity contribution >= 4 is 0 Å².